The molecule has 4 aliphatic rings. The lowest BCUT2D eigenvalue weighted by molar-refractivity contribution is -0.267. The summed E-state index contributed by atoms with van der Waals surface area (Å²) in [5, 5.41) is 16.9. The van der Waals surface area contributed by atoms with Gasteiger partial charge in [0.1, 0.15) is 34.7 Å². The highest BCUT2D eigenvalue weighted by atomic mass is 127. The summed E-state index contributed by atoms with van der Waals surface area (Å²) in [4.78, 5) is 84.8. The molecule has 0 saturated heterocycles. The van der Waals surface area contributed by atoms with E-state index in [0.717, 1.165) is 94.6 Å². The van der Waals surface area contributed by atoms with Crippen LogP contribution in [0.15, 0.2) is 21.7 Å². The zero-order valence-electron chi connectivity index (χ0n) is 61.8. The van der Waals surface area contributed by atoms with Crippen LogP contribution >= 0.6 is 137 Å². The number of nitrogens with zero attached hydrogens (tertiary/aromatic N) is 8. The molecule has 8 aromatic heterocycles. The van der Waals surface area contributed by atoms with Gasteiger partial charge in [0.2, 0.25) is 0 Å². The fraction of sp³-hybridized carbons (Fsp3) is 0.563. The van der Waals surface area contributed by atoms with E-state index in [2.05, 4.69) is 96.0 Å². The SMILES string of the molecule is CC(C)C#Cc1c(N)nsc1C(=O)NCC1CCCCC1.CC(C)c1cc2c(N)nsc2c(=O)n1CC1CCCCC1.CC(C)c1cc2c(NC(=O)C(F)(F)C(F)(F)F)nsc2c(=O)n1CC1CCCCC1.COC(=O)c1snc(N)c1I.Nc1nsc(C(=O)NCC2CCCCC2)c1I.Nc1nsc(C(=O)O)c1I. The molecule has 4 aliphatic carbocycles. The number of carboxylic acids is 1. The van der Waals surface area contributed by atoms with Gasteiger partial charge in [0.15, 0.2) is 29.1 Å². The second kappa shape index (κ2) is 42.9. The van der Waals surface area contributed by atoms with E-state index in [1.54, 1.807) is 16.0 Å². The molecule has 602 valence electrons. The summed E-state index contributed by atoms with van der Waals surface area (Å²) in [6, 6.07) is 3.62. The lowest BCUT2D eigenvalue weighted by Gasteiger charge is -2.25. The number of carboxylic acid groups (broad SMARTS) is 1. The van der Waals surface area contributed by atoms with E-state index in [-0.39, 0.29) is 55.7 Å². The van der Waals surface area contributed by atoms with Gasteiger partial charge in [0.05, 0.1) is 23.4 Å². The fourth-order valence-electron chi connectivity index (χ4n) is 12.7. The smallest absolute Gasteiger partial charge is 0.463 e. The van der Waals surface area contributed by atoms with Gasteiger partial charge in [-0.05, 0) is 236 Å². The highest BCUT2D eigenvalue weighted by Gasteiger charge is 2.63. The Balaban J connectivity index is 0.000000190. The third-order valence-corrected chi connectivity index (χ3v) is 28.2. The molecule has 25 nitrogen and oxygen atoms in total. The monoisotopic (exact) mass is 1980 g/mol. The Hall–Kier alpha value is -6.05. The molecular formula is C71H92F5I3N16O9S6. The molecule has 110 heavy (non-hydrogen) atoms. The van der Waals surface area contributed by atoms with Crippen molar-refractivity contribution >= 4 is 222 Å². The summed E-state index contributed by atoms with van der Waals surface area (Å²) in [7, 11) is 1.33. The number of fused-ring (bicyclic) bond motifs is 2. The number of carbonyl (C=O) groups is 5. The number of hydrogen-bond acceptors (Lipinski definition) is 25. The molecule has 0 spiro atoms. The minimum atomic E-state index is -6.03. The number of ether oxygens (including phenoxy) is 1. The summed E-state index contributed by atoms with van der Waals surface area (Å²) < 4.78 is 98.3. The van der Waals surface area contributed by atoms with Crippen molar-refractivity contribution < 1.29 is 55.8 Å². The molecule has 4 saturated carbocycles. The van der Waals surface area contributed by atoms with Crippen LogP contribution in [0.2, 0.25) is 0 Å². The summed E-state index contributed by atoms with van der Waals surface area (Å²) in [5.74, 6) is 0.655. The lowest BCUT2D eigenvalue weighted by Crippen LogP contribution is -2.47. The summed E-state index contributed by atoms with van der Waals surface area (Å²) in [6.45, 7) is 14.9. The van der Waals surface area contributed by atoms with Crippen molar-refractivity contribution in [3.8, 4) is 11.8 Å². The number of hydrogen-bond donors (Lipinski definition) is 9. The zero-order valence-corrected chi connectivity index (χ0v) is 73.2. The number of aromatic carboxylic acids is 1. The van der Waals surface area contributed by atoms with Gasteiger partial charge in [-0.2, -0.15) is 48.2 Å². The van der Waals surface area contributed by atoms with Crippen molar-refractivity contribution in [1.29, 1.82) is 0 Å². The molecule has 39 heteroatoms. The predicted molar refractivity (Wildman–Crippen MR) is 455 cm³/mol. The Morgan fingerprint density at radius 2 is 0.909 bits per heavy atom. The van der Waals surface area contributed by atoms with Crippen molar-refractivity contribution in [3.05, 3.63) is 80.0 Å². The topological polar surface area (TPSA) is 402 Å². The van der Waals surface area contributed by atoms with Crippen LogP contribution in [0.1, 0.15) is 237 Å². The first-order chi connectivity index (χ1) is 52.1. The minimum absolute atomic E-state index is 0.0332. The number of anilines is 6. The number of esters is 1. The van der Waals surface area contributed by atoms with E-state index in [1.165, 1.54) is 133 Å². The number of amides is 3. The molecule has 8 heterocycles. The summed E-state index contributed by atoms with van der Waals surface area (Å²) >= 11 is 12.1. The molecule has 14 N–H and O–H groups in total. The highest BCUT2D eigenvalue weighted by Crippen LogP contribution is 2.39. The van der Waals surface area contributed by atoms with Crippen LogP contribution in [-0.4, -0.2) is 102 Å². The minimum Gasteiger partial charge on any atom is -0.477 e. The summed E-state index contributed by atoms with van der Waals surface area (Å²) in [6.07, 6.45) is 18.5. The Morgan fingerprint density at radius 3 is 1.30 bits per heavy atom. The Bertz CT molecular complexity index is 4630. The predicted octanol–water partition coefficient (Wildman–Crippen LogP) is 16.9. The Labute approximate surface area is 699 Å². The largest absolute Gasteiger partial charge is 0.477 e. The first kappa shape index (κ1) is 91.1. The second-order valence-electron chi connectivity index (χ2n) is 28.0. The number of aromatic nitrogens is 8. The first-order valence-electron chi connectivity index (χ1n) is 36.0. The number of nitrogens with two attached hydrogens (primary N) is 5. The number of pyridine rings is 2. The zero-order chi connectivity index (χ0) is 80.9. The number of halogens is 8. The number of nitrogen functional groups attached to an aromatic ring is 5. The van der Waals surface area contributed by atoms with E-state index in [9.17, 15) is 55.5 Å². The van der Waals surface area contributed by atoms with Crippen molar-refractivity contribution in [2.45, 2.75) is 207 Å². The molecule has 8 aromatic rings. The van der Waals surface area contributed by atoms with E-state index in [0.29, 0.717) is 114 Å². The van der Waals surface area contributed by atoms with E-state index < -0.39 is 29.8 Å². The highest BCUT2D eigenvalue weighted by molar-refractivity contribution is 14.1. The average Bonchev–Trinajstić information content (AvgIpc) is 1.58. The maximum atomic E-state index is 13.3. The van der Waals surface area contributed by atoms with Gasteiger partial charge in [-0.3, -0.25) is 24.0 Å². The quantitative estimate of drug-likeness (QED) is 0.0188. The maximum absolute atomic E-state index is 13.3. The maximum Gasteiger partial charge on any atom is 0.463 e. The van der Waals surface area contributed by atoms with E-state index >= 15 is 0 Å². The van der Waals surface area contributed by atoms with Gasteiger partial charge in [-0.25, -0.2) is 9.59 Å². The molecule has 0 bridgehead atoms. The molecule has 0 unspecified atom stereocenters. The van der Waals surface area contributed by atoms with Crippen molar-refractivity contribution in [2.75, 3.05) is 54.2 Å². The molecule has 3 amide bonds. The molecule has 0 aliphatic heterocycles. The molecule has 0 atom stereocenters. The number of methoxy groups -OCH3 is 1. The van der Waals surface area contributed by atoms with Gasteiger partial charge >= 0.3 is 29.9 Å². The fourth-order valence-corrected chi connectivity index (χ4v) is 19.1. The van der Waals surface area contributed by atoms with Gasteiger partial charge in [0.25, 0.3) is 22.9 Å². The van der Waals surface area contributed by atoms with Crippen LogP contribution in [0.25, 0.3) is 20.2 Å². The van der Waals surface area contributed by atoms with Crippen molar-refractivity contribution in [2.24, 2.45) is 29.6 Å². The van der Waals surface area contributed by atoms with Crippen LogP contribution in [0.3, 0.4) is 0 Å². The first-order valence-corrected chi connectivity index (χ1v) is 43.9. The van der Waals surface area contributed by atoms with Crippen molar-refractivity contribution in [1.82, 2.24) is 46.0 Å². The van der Waals surface area contributed by atoms with Gasteiger partial charge in [0, 0.05) is 54.3 Å². The third kappa shape index (κ3) is 25.0. The Morgan fingerprint density at radius 1 is 0.536 bits per heavy atom. The molecule has 0 aromatic carbocycles. The lowest BCUT2D eigenvalue weighted by atomic mass is 9.89. The number of rotatable bonds is 16. The van der Waals surface area contributed by atoms with E-state index in [4.69, 9.17) is 33.8 Å². The van der Waals surface area contributed by atoms with Crippen molar-refractivity contribution in [3.63, 3.8) is 0 Å². The second-order valence-corrected chi connectivity index (χ2v) is 35.8. The van der Waals surface area contributed by atoms with Gasteiger partial charge in [-0.1, -0.05) is 130 Å². The third-order valence-electron chi connectivity index (χ3n) is 18.7. The van der Waals surface area contributed by atoms with Gasteiger partial charge < -0.3 is 63.6 Å². The average molecular weight is 1980 g/mol. The van der Waals surface area contributed by atoms with Crippen LogP contribution < -0.4 is 55.7 Å². The van der Waals surface area contributed by atoms with Gasteiger partial charge in [-0.15, -0.1) is 0 Å². The van der Waals surface area contributed by atoms with Crippen LogP contribution in [0.4, 0.5) is 56.9 Å². The number of alkyl halides is 5. The van der Waals surface area contributed by atoms with Crippen LogP contribution in [0, 0.1) is 52.1 Å². The normalized spacial score (nSPS) is 15.1. The van der Waals surface area contributed by atoms with Crippen LogP contribution in [0.5, 0.6) is 0 Å². The molecular weight excluding hydrogens is 1890 g/mol. The summed E-state index contributed by atoms with van der Waals surface area (Å²) in [5.41, 5.74) is 30.1. The van der Waals surface area contributed by atoms with Crippen LogP contribution in [-0.2, 0) is 22.6 Å². The molecule has 12 rings (SSSR count). The molecule has 4 fully saturated rings. The Kier molecular flexibility index (Phi) is 35.5. The van der Waals surface area contributed by atoms with E-state index in [1.807, 2.05) is 77.4 Å². The standard InChI is InChI=1S/C19H22F5N3O2S.2C16H23N3OS.C11H16IN3OS.C5H5IN2O2S.C4H3IN2O2S/c1-10(2)13-8-12-14(16(28)27(13)9-11-6-4-3-5-7-11)30-26-15(12)25-17(29)18(20,21)19(22,23)24;1-10(2)13-8-12-14(21-18-15(12)17)16(20)19(13)9-11-6-4-3-5-7-11;1-11(2)8-9-13-14(21-19-15(13)17)16(20)18-10-12-6-4-3-5-7-12;12-8-9(17-15-10(8)13)11(16)14-6-7-4-2-1-3-5-7;1-10-5(9)3-2(6)4(7)8-11-3;5-1-2(4(8)9)10-7-3(1)6/h8,10-11H,3-7,9H2,1-2H3,(H,25,26,29);8,10-11H,3-7,9H2,1-2H3,(H2,17,18);11-12H,3-7,10H2,1-2H3,(H2,17,19)(H,18,20);7H,1-6H2,(H2,13,15)(H,14,16);1H3,(H2,7,8);(H2,6,7)(H,8,9). The number of nitrogens with one attached hydrogen (secondary N) is 3. The number of carbonyl (C=O) groups excluding carboxylic acids is 4. The molecule has 0 radical (unpaired) electrons.